The van der Waals surface area contributed by atoms with Crippen LogP contribution in [0.15, 0.2) is 18.5 Å². The van der Waals surface area contributed by atoms with Gasteiger partial charge in [0.25, 0.3) is 0 Å². The SMILES string of the molecule is CCC1CCCN1c1cnccc1C(=O)O. The number of aromatic nitrogens is 1. The Balaban J connectivity index is 2.35. The van der Waals surface area contributed by atoms with Crippen LogP contribution in [0, 0.1) is 0 Å². The molecule has 16 heavy (non-hydrogen) atoms. The fourth-order valence-electron chi connectivity index (χ4n) is 2.37. The second kappa shape index (κ2) is 4.51. The summed E-state index contributed by atoms with van der Waals surface area (Å²) < 4.78 is 0. The van der Waals surface area contributed by atoms with Crippen LogP contribution < -0.4 is 4.90 Å². The van der Waals surface area contributed by atoms with Crippen molar-refractivity contribution < 1.29 is 9.90 Å². The topological polar surface area (TPSA) is 53.4 Å². The van der Waals surface area contributed by atoms with E-state index in [0.29, 0.717) is 11.6 Å². The van der Waals surface area contributed by atoms with Crippen molar-refractivity contribution in [3.63, 3.8) is 0 Å². The smallest absolute Gasteiger partial charge is 0.337 e. The van der Waals surface area contributed by atoms with E-state index in [1.807, 2.05) is 0 Å². The average molecular weight is 220 g/mol. The van der Waals surface area contributed by atoms with Gasteiger partial charge in [0.15, 0.2) is 0 Å². The van der Waals surface area contributed by atoms with Gasteiger partial charge in [-0.1, -0.05) is 6.92 Å². The highest BCUT2D eigenvalue weighted by Crippen LogP contribution is 2.29. The molecule has 0 spiro atoms. The highest BCUT2D eigenvalue weighted by atomic mass is 16.4. The molecule has 0 radical (unpaired) electrons. The van der Waals surface area contributed by atoms with Crippen molar-refractivity contribution in [3.8, 4) is 0 Å². The summed E-state index contributed by atoms with van der Waals surface area (Å²) in [6.45, 7) is 3.07. The van der Waals surface area contributed by atoms with E-state index in [0.717, 1.165) is 31.5 Å². The molecule has 1 saturated heterocycles. The number of nitrogens with zero attached hydrogens (tertiary/aromatic N) is 2. The Kier molecular flexibility index (Phi) is 3.08. The van der Waals surface area contributed by atoms with Gasteiger partial charge in [-0.3, -0.25) is 4.98 Å². The van der Waals surface area contributed by atoms with Crippen LogP contribution in [0.4, 0.5) is 5.69 Å². The lowest BCUT2D eigenvalue weighted by Gasteiger charge is -2.26. The zero-order valence-electron chi connectivity index (χ0n) is 9.39. The van der Waals surface area contributed by atoms with Gasteiger partial charge >= 0.3 is 5.97 Å². The zero-order chi connectivity index (χ0) is 11.5. The van der Waals surface area contributed by atoms with E-state index in [1.165, 1.54) is 6.20 Å². The van der Waals surface area contributed by atoms with E-state index in [1.54, 1.807) is 12.3 Å². The number of pyridine rings is 1. The van der Waals surface area contributed by atoms with Crippen molar-refractivity contribution in [2.24, 2.45) is 0 Å². The normalized spacial score (nSPS) is 20.1. The number of aromatic carboxylic acids is 1. The fourth-order valence-corrected chi connectivity index (χ4v) is 2.37. The predicted octanol–water partition coefficient (Wildman–Crippen LogP) is 2.16. The minimum atomic E-state index is -0.876. The number of hydrogen-bond donors (Lipinski definition) is 1. The van der Waals surface area contributed by atoms with Crippen LogP contribution in [-0.2, 0) is 0 Å². The molecule has 4 nitrogen and oxygen atoms in total. The molecular formula is C12H16N2O2. The van der Waals surface area contributed by atoms with E-state index in [9.17, 15) is 4.79 Å². The lowest BCUT2D eigenvalue weighted by molar-refractivity contribution is 0.0697. The Hall–Kier alpha value is -1.58. The molecule has 1 atom stereocenters. The Labute approximate surface area is 94.9 Å². The largest absolute Gasteiger partial charge is 0.478 e. The van der Waals surface area contributed by atoms with Crippen LogP contribution in [0.25, 0.3) is 0 Å². The van der Waals surface area contributed by atoms with E-state index in [2.05, 4.69) is 16.8 Å². The van der Waals surface area contributed by atoms with Gasteiger partial charge in [-0.05, 0) is 25.3 Å². The maximum atomic E-state index is 11.1. The maximum absolute atomic E-state index is 11.1. The molecular weight excluding hydrogens is 204 g/mol. The Morgan fingerprint density at radius 1 is 1.69 bits per heavy atom. The molecule has 4 heteroatoms. The third-order valence-corrected chi connectivity index (χ3v) is 3.19. The van der Waals surface area contributed by atoms with Gasteiger partial charge in [-0.25, -0.2) is 4.79 Å². The fraction of sp³-hybridized carbons (Fsp3) is 0.500. The molecule has 86 valence electrons. The summed E-state index contributed by atoms with van der Waals surface area (Å²) in [7, 11) is 0. The number of anilines is 1. The summed E-state index contributed by atoms with van der Waals surface area (Å²) in [5.74, 6) is -0.876. The summed E-state index contributed by atoms with van der Waals surface area (Å²) in [6, 6.07) is 2.03. The quantitative estimate of drug-likeness (QED) is 0.848. The summed E-state index contributed by atoms with van der Waals surface area (Å²) in [5.41, 5.74) is 1.12. The lowest BCUT2D eigenvalue weighted by Crippen LogP contribution is -2.30. The highest BCUT2D eigenvalue weighted by Gasteiger charge is 2.26. The monoisotopic (exact) mass is 220 g/mol. The van der Waals surface area contributed by atoms with Crippen molar-refractivity contribution in [3.05, 3.63) is 24.0 Å². The predicted molar refractivity (Wildman–Crippen MR) is 61.9 cm³/mol. The first kappa shape index (κ1) is 10.9. The summed E-state index contributed by atoms with van der Waals surface area (Å²) in [6.07, 6.45) is 6.52. The third kappa shape index (κ3) is 1.87. The molecule has 0 amide bonds. The number of carboxylic acids is 1. The van der Waals surface area contributed by atoms with E-state index in [4.69, 9.17) is 5.11 Å². The molecule has 0 aromatic carbocycles. The molecule has 1 N–H and O–H groups in total. The van der Waals surface area contributed by atoms with Gasteiger partial charge in [-0.15, -0.1) is 0 Å². The number of carbonyl (C=O) groups is 1. The van der Waals surface area contributed by atoms with Crippen LogP contribution >= 0.6 is 0 Å². The number of rotatable bonds is 3. The highest BCUT2D eigenvalue weighted by molar-refractivity contribution is 5.94. The molecule has 1 aromatic rings. The van der Waals surface area contributed by atoms with Crippen LogP contribution in [0.3, 0.4) is 0 Å². The molecule has 0 bridgehead atoms. The molecule has 2 heterocycles. The van der Waals surface area contributed by atoms with Crippen LogP contribution in [-0.4, -0.2) is 28.6 Å². The minimum Gasteiger partial charge on any atom is -0.478 e. The summed E-state index contributed by atoms with van der Waals surface area (Å²) in [5, 5.41) is 9.13. The Morgan fingerprint density at radius 3 is 3.19 bits per heavy atom. The van der Waals surface area contributed by atoms with Gasteiger partial charge in [0, 0.05) is 18.8 Å². The Morgan fingerprint density at radius 2 is 2.50 bits per heavy atom. The number of hydrogen-bond acceptors (Lipinski definition) is 3. The van der Waals surface area contributed by atoms with Crippen molar-refractivity contribution in [1.29, 1.82) is 0 Å². The van der Waals surface area contributed by atoms with Crippen LogP contribution in [0.1, 0.15) is 36.5 Å². The first-order chi connectivity index (χ1) is 7.74. The first-order valence-electron chi connectivity index (χ1n) is 5.68. The van der Waals surface area contributed by atoms with Gasteiger partial charge in [0.1, 0.15) is 0 Å². The van der Waals surface area contributed by atoms with Gasteiger partial charge in [0.2, 0.25) is 0 Å². The molecule has 1 fully saturated rings. The van der Waals surface area contributed by atoms with Crippen molar-refractivity contribution in [1.82, 2.24) is 4.98 Å². The Bertz CT molecular complexity index is 392. The standard InChI is InChI=1S/C12H16N2O2/c1-2-9-4-3-7-14(9)11-8-13-6-5-10(11)12(15)16/h5-6,8-9H,2-4,7H2,1H3,(H,15,16). The summed E-state index contributed by atoms with van der Waals surface area (Å²) in [4.78, 5) is 17.3. The minimum absolute atomic E-state index is 0.357. The van der Waals surface area contributed by atoms with Crippen molar-refractivity contribution >= 4 is 11.7 Å². The van der Waals surface area contributed by atoms with Gasteiger partial charge in [-0.2, -0.15) is 0 Å². The second-order valence-electron chi connectivity index (χ2n) is 4.10. The van der Waals surface area contributed by atoms with Crippen molar-refractivity contribution in [2.45, 2.75) is 32.2 Å². The lowest BCUT2D eigenvalue weighted by atomic mass is 10.1. The molecule has 2 rings (SSSR count). The van der Waals surface area contributed by atoms with Gasteiger partial charge in [0.05, 0.1) is 17.4 Å². The van der Waals surface area contributed by atoms with Crippen LogP contribution in [0.2, 0.25) is 0 Å². The molecule has 0 saturated carbocycles. The average Bonchev–Trinajstić information content (AvgIpc) is 2.76. The van der Waals surface area contributed by atoms with Crippen molar-refractivity contribution in [2.75, 3.05) is 11.4 Å². The molecule has 1 aromatic heterocycles. The second-order valence-corrected chi connectivity index (χ2v) is 4.10. The first-order valence-corrected chi connectivity index (χ1v) is 5.68. The maximum Gasteiger partial charge on any atom is 0.337 e. The third-order valence-electron chi connectivity index (χ3n) is 3.19. The molecule has 1 unspecified atom stereocenters. The molecule has 0 aliphatic carbocycles. The van der Waals surface area contributed by atoms with E-state index < -0.39 is 5.97 Å². The van der Waals surface area contributed by atoms with E-state index in [-0.39, 0.29) is 0 Å². The summed E-state index contributed by atoms with van der Waals surface area (Å²) >= 11 is 0. The zero-order valence-corrected chi connectivity index (χ0v) is 9.39. The number of carboxylic acid groups (broad SMARTS) is 1. The molecule has 1 aliphatic rings. The van der Waals surface area contributed by atoms with Gasteiger partial charge < -0.3 is 10.0 Å². The van der Waals surface area contributed by atoms with E-state index >= 15 is 0 Å². The van der Waals surface area contributed by atoms with Crippen LogP contribution in [0.5, 0.6) is 0 Å². The molecule has 1 aliphatic heterocycles.